The minimum atomic E-state index is -0.0000640. The molecule has 28 heavy (non-hydrogen) atoms. The van der Waals surface area contributed by atoms with Crippen molar-refractivity contribution in [2.45, 2.75) is 25.4 Å². The smallest absolute Gasteiger partial charge is 0.254 e. The summed E-state index contributed by atoms with van der Waals surface area (Å²) in [5, 5.41) is 0.973. The first-order valence-electron chi connectivity index (χ1n) is 10.0. The van der Waals surface area contributed by atoms with Crippen molar-refractivity contribution in [1.29, 1.82) is 0 Å². The minimum absolute atomic E-state index is 0.0000640. The Bertz CT molecular complexity index is 993. The fraction of sp³-hybridized carbons (Fsp3) is 0.364. The summed E-state index contributed by atoms with van der Waals surface area (Å²) in [7, 11) is 0. The minimum Gasteiger partial charge on any atom is -0.485 e. The van der Waals surface area contributed by atoms with Crippen molar-refractivity contribution in [2.75, 3.05) is 31.1 Å². The van der Waals surface area contributed by atoms with Gasteiger partial charge in [0, 0.05) is 54.9 Å². The molecular weight excluding hydrogens is 352 g/mol. The number of fused-ring (bicyclic) bond motifs is 1. The molecule has 1 aromatic carbocycles. The number of ether oxygens (including phenoxy) is 1. The van der Waals surface area contributed by atoms with Gasteiger partial charge in [0.15, 0.2) is 11.6 Å². The van der Waals surface area contributed by atoms with Crippen LogP contribution in [0.4, 0.5) is 5.82 Å². The molecule has 0 spiro atoms. The van der Waals surface area contributed by atoms with Crippen molar-refractivity contribution in [1.82, 2.24) is 14.9 Å². The second-order valence-electron chi connectivity index (χ2n) is 7.54. The number of carbonyl (C=O) groups is 1. The van der Waals surface area contributed by atoms with Gasteiger partial charge in [-0.3, -0.25) is 4.79 Å². The average Bonchev–Trinajstić information content (AvgIpc) is 3.48. The van der Waals surface area contributed by atoms with E-state index >= 15 is 0 Å². The molecule has 0 radical (unpaired) electrons. The van der Waals surface area contributed by atoms with Gasteiger partial charge in [0.2, 0.25) is 0 Å². The number of nitrogens with one attached hydrogen (secondary N) is 1. The Morgan fingerprint density at radius 2 is 2.00 bits per heavy atom. The van der Waals surface area contributed by atoms with Gasteiger partial charge in [0.05, 0.1) is 6.54 Å². The maximum absolute atomic E-state index is 13.1. The number of likely N-dealkylation sites (tertiary alicyclic amines) is 1. The summed E-state index contributed by atoms with van der Waals surface area (Å²) in [4.78, 5) is 25.0. The molecule has 4 heterocycles. The van der Waals surface area contributed by atoms with E-state index in [0.717, 1.165) is 47.5 Å². The highest BCUT2D eigenvalue weighted by atomic mass is 16.5. The second-order valence-corrected chi connectivity index (χ2v) is 7.54. The van der Waals surface area contributed by atoms with Gasteiger partial charge >= 0.3 is 0 Å². The van der Waals surface area contributed by atoms with E-state index in [1.165, 1.54) is 12.8 Å². The molecule has 1 atom stereocenters. The lowest BCUT2D eigenvalue weighted by atomic mass is 10.1. The predicted octanol–water partition coefficient (Wildman–Crippen LogP) is 3.46. The number of rotatable bonds is 4. The highest BCUT2D eigenvalue weighted by Gasteiger charge is 2.30. The second kappa shape index (κ2) is 7.19. The molecular formula is C22H24N4O2. The number of carbonyl (C=O) groups excluding carboxylic acids is 1. The van der Waals surface area contributed by atoms with Crippen LogP contribution in [0, 0.1) is 0 Å². The lowest BCUT2D eigenvalue weighted by molar-refractivity contribution is 0.0774. The van der Waals surface area contributed by atoms with E-state index in [4.69, 9.17) is 4.74 Å². The van der Waals surface area contributed by atoms with E-state index in [-0.39, 0.29) is 12.0 Å². The highest BCUT2D eigenvalue weighted by molar-refractivity contribution is 6.06. The van der Waals surface area contributed by atoms with Crippen LogP contribution in [0.1, 0.15) is 29.6 Å². The molecule has 2 aromatic heterocycles. The Kier molecular flexibility index (Phi) is 4.39. The van der Waals surface area contributed by atoms with Crippen LogP contribution in [-0.2, 0) is 0 Å². The lowest BCUT2D eigenvalue weighted by Gasteiger charge is -2.22. The Morgan fingerprint density at radius 3 is 2.89 bits per heavy atom. The first kappa shape index (κ1) is 17.1. The van der Waals surface area contributed by atoms with Crippen LogP contribution >= 0.6 is 0 Å². The van der Waals surface area contributed by atoms with E-state index in [0.29, 0.717) is 13.1 Å². The highest BCUT2D eigenvalue weighted by Crippen LogP contribution is 2.31. The molecule has 0 unspecified atom stereocenters. The molecule has 3 aromatic rings. The maximum Gasteiger partial charge on any atom is 0.254 e. The van der Waals surface area contributed by atoms with Crippen LogP contribution in [0.3, 0.4) is 0 Å². The van der Waals surface area contributed by atoms with Crippen molar-refractivity contribution >= 4 is 22.6 Å². The van der Waals surface area contributed by atoms with Crippen LogP contribution in [0.5, 0.6) is 5.75 Å². The molecule has 144 valence electrons. The number of H-pyrrole nitrogens is 1. The third kappa shape index (κ3) is 3.09. The van der Waals surface area contributed by atoms with Gasteiger partial charge in [-0.25, -0.2) is 4.98 Å². The Morgan fingerprint density at radius 1 is 1.11 bits per heavy atom. The zero-order chi connectivity index (χ0) is 18.9. The summed E-state index contributed by atoms with van der Waals surface area (Å²) in [5.41, 5.74) is 1.74. The maximum atomic E-state index is 13.1. The molecule has 0 aliphatic carbocycles. The summed E-state index contributed by atoms with van der Waals surface area (Å²) in [6.45, 7) is 3.38. The van der Waals surface area contributed by atoms with E-state index in [1.807, 2.05) is 53.7 Å². The average molecular weight is 376 g/mol. The third-order valence-corrected chi connectivity index (χ3v) is 5.71. The van der Waals surface area contributed by atoms with E-state index < -0.39 is 0 Å². The number of hydrogen-bond donors (Lipinski definition) is 1. The quantitative estimate of drug-likeness (QED) is 0.758. The van der Waals surface area contributed by atoms with Crippen molar-refractivity contribution in [3.05, 3.63) is 54.4 Å². The molecule has 2 saturated heterocycles. The number of anilines is 1. The van der Waals surface area contributed by atoms with Crippen LogP contribution in [0.2, 0.25) is 0 Å². The first-order valence-corrected chi connectivity index (χ1v) is 10.0. The zero-order valence-corrected chi connectivity index (χ0v) is 15.8. The molecule has 1 N–H and O–H groups in total. The fourth-order valence-electron chi connectivity index (χ4n) is 4.27. The Balaban J connectivity index is 1.30. The monoisotopic (exact) mass is 376 g/mol. The number of amides is 1. The van der Waals surface area contributed by atoms with Gasteiger partial charge in [0.1, 0.15) is 6.10 Å². The lowest BCUT2D eigenvalue weighted by Crippen LogP contribution is -2.31. The van der Waals surface area contributed by atoms with Gasteiger partial charge in [0.25, 0.3) is 5.91 Å². The number of hydrogen-bond acceptors (Lipinski definition) is 4. The topological polar surface area (TPSA) is 61.5 Å². The van der Waals surface area contributed by atoms with E-state index in [2.05, 4.69) is 14.9 Å². The zero-order valence-electron chi connectivity index (χ0n) is 15.8. The molecule has 0 bridgehead atoms. The van der Waals surface area contributed by atoms with Crippen LogP contribution in [-0.4, -0.2) is 53.1 Å². The number of aromatic nitrogens is 2. The molecule has 2 aliphatic heterocycles. The summed E-state index contributed by atoms with van der Waals surface area (Å²) in [6.07, 6.45) is 6.93. The van der Waals surface area contributed by atoms with Crippen molar-refractivity contribution in [2.24, 2.45) is 0 Å². The normalized spacial score (nSPS) is 19.5. The predicted molar refractivity (Wildman–Crippen MR) is 109 cm³/mol. The van der Waals surface area contributed by atoms with Gasteiger partial charge < -0.3 is 19.5 Å². The van der Waals surface area contributed by atoms with E-state index in [1.54, 1.807) is 0 Å². The molecule has 2 fully saturated rings. The summed E-state index contributed by atoms with van der Waals surface area (Å²) in [5.74, 6) is 1.83. The van der Waals surface area contributed by atoms with Gasteiger partial charge in [-0.2, -0.15) is 0 Å². The van der Waals surface area contributed by atoms with Gasteiger partial charge in [-0.15, -0.1) is 0 Å². The number of benzene rings is 1. The van der Waals surface area contributed by atoms with Crippen molar-refractivity contribution in [3.63, 3.8) is 0 Å². The molecule has 6 heteroatoms. The van der Waals surface area contributed by atoms with Crippen LogP contribution in [0.15, 0.2) is 48.8 Å². The third-order valence-electron chi connectivity index (χ3n) is 5.71. The molecule has 0 saturated carbocycles. The fourth-order valence-corrected chi connectivity index (χ4v) is 4.27. The number of aromatic amines is 1. The largest absolute Gasteiger partial charge is 0.485 e. The number of nitrogens with zero attached hydrogens (tertiary/aromatic N) is 3. The van der Waals surface area contributed by atoms with Crippen molar-refractivity contribution in [3.8, 4) is 5.75 Å². The van der Waals surface area contributed by atoms with Crippen LogP contribution in [0.25, 0.3) is 10.9 Å². The SMILES string of the molecule is O=C(c1cccc2[nH]ccc12)N1CC[C@@H](Oc2cccnc2N2CCCC2)C1. The van der Waals surface area contributed by atoms with Gasteiger partial charge in [-0.05, 0) is 43.2 Å². The molecule has 2 aliphatic rings. The summed E-state index contributed by atoms with van der Waals surface area (Å²) >= 11 is 0. The Labute approximate surface area is 164 Å². The first-order chi connectivity index (χ1) is 13.8. The summed E-state index contributed by atoms with van der Waals surface area (Å²) < 4.78 is 6.30. The standard InChI is InChI=1S/C22H24N4O2/c27-22(18-5-3-6-19-17(18)8-11-23-19)26-14-9-16(15-26)28-20-7-4-10-24-21(20)25-12-1-2-13-25/h3-8,10-11,16,23H,1-2,9,12-15H2/t16-/m1/s1. The van der Waals surface area contributed by atoms with Crippen molar-refractivity contribution < 1.29 is 9.53 Å². The van der Waals surface area contributed by atoms with Crippen LogP contribution < -0.4 is 9.64 Å². The van der Waals surface area contributed by atoms with Gasteiger partial charge in [-0.1, -0.05) is 6.07 Å². The summed E-state index contributed by atoms with van der Waals surface area (Å²) in [6, 6.07) is 11.7. The molecule has 6 nitrogen and oxygen atoms in total. The molecule has 1 amide bonds. The van der Waals surface area contributed by atoms with E-state index in [9.17, 15) is 4.79 Å². The molecule has 5 rings (SSSR count). The Hall–Kier alpha value is -3.02. The number of pyridine rings is 1.